The van der Waals surface area contributed by atoms with Crippen molar-refractivity contribution in [3.05, 3.63) is 34.6 Å². The van der Waals surface area contributed by atoms with Crippen LogP contribution in [-0.2, 0) is 11.2 Å². The van der Waals surface area contributed by atoms with Gasteiger partial charge in [0.15, 0.2) is 0 Å². The monoisotopic (exact) mass is 283 g/mol. The van der Waals surface area contributed by atoms with Gasteiger partial charge < -0.3 is 5.73 Å². The molecule has 0 bridgehead atoms. The van der Waals surface area contributed by atoms with Crippen LogP contribution >= 0.6 is 11.6 Å². The standard InChI is InChI=1S/C15H19ClFNO/c16-14-6-5-13(17)7-12(14)8-15(19)11-3-1-10(9-18)2-4-11/h5-7,10-11H,1-4,8-9,18H2. The molecule has 104 valence electrons. The summed E-state index contributed by atoms with van der Waals surface area (Å²) in [6.45, 7) is 0.705. The highest BCUT2D eigenvalue weighted by Crippen LogP contribution is 2.30. The Hall–Kier alpha value is -0.930. The summed E-state index contributed by atoms with van der Waals surface area (Å²) in [6.07, 6.45) is 4.06. The van der Waals surface area contributed by atoms with E-state index in [-0.39, 0.29) is 23.9 Å². The van der Waals surface area contributed by atoms with Crippen LogP contribution in [0, 0.1) is 17.7 Å². The van der Waals surface area contributed by atoms with Gasteiger partial charge in [0.1, 0.15) is 11.6 Å². The maximum absolute atomic E-state index is 13.2. The van der Waals surface area contributed by atoms with E-state index in [1.165, 1.54) is 18.2 Å². The fourth-order valence-corrected chi connectivity index (χ4v) is 2.92. The van der Waals surface area contributed by atoms with E-state index in [2.05, 4.69) is 0 Å². The molecule has 0 aliphatic heterocycles. The Labute approximate surface area is 118 Å². The van der Waals surface area contributed by atoms with E-state index in [0.29, 0.717) is 23.0 Å². The van der Waals surface area contributed by atoms with E-state index in [9.17, 15) is 9.18 Å². The van der Waals surface area contributed by atoms with Crippen LogP contribution < -0.4 is 5.73 Å². The Balaban J connectivity index is 1.96. The number of nitrogens with two attached hydrogens (primary N) is 1. The first kappa shape index (κ1) is 14.5. The van der Waals surface area contributed by atoms with Crippen molar-refractivity contribution in [2.24, 2.45) is 17.6 Å². The largest absolute Gasteiger partial charge is 0.330 e. The SMILES string of the molecule is NCC1CCC(C(=O)Cc2cc(F)ccc2Cl)CC1. The van der Waals surface area contributed by atoms with Crippen molar-refractivity contribution in [2.75, 3.05) is 6.54 Å². The van der Waals surface area contributed by atoms with Crippen LogP contribution in [0.2, 0.25) is 5.02 Å². The third-order valence-electron chi connectivity index (χ3n) is 4.01. The molecular formula is C15H19ClFNO. The summed E-state index contributed by atoms with van der Waals surface area (Å²) in [6, 6.07) is 4.17. The quantitative estimate of drug-likeness (QED) is 0.921. The van der Waals surface area contributed by atoms with Gasteiger partial charge in [0, 0.05) is 17.4 Å². The van der Waals surface area contributed by atoms with Gasteiger partial charge in [0.25, 0.3) is 0 Å². The van der Waals surface area contributed by atoms with Gasteiger partial charge in [0.05, 0.1) is 0 Å². The van der Waals surface area contributed by atoms with Crippen LogP contribution in [0.3, 0.4) is 0 Å². The second-order valence-corrected chi connectivity index (χ2v) is 5.74. The molecule has 0 atom stereocenters. The van der Waals surface area contributed by atoms with E-state index in [0.717, 1.165) is 25.7 Å². The zero-order valence-electron chi connectivity index (χ0n) is 10.9. The molecule has 0 unspecified atom stereocenters. The van der Waals surface area contributed by atoms with Crippen LogP contribution in [0.5, 0.6) is 0 Å². The molecule has 0 saturated heterocycles. The lowest BCUT2D eigenvalue weighted by molar-refractivity contribution is -0.123. The summed E-state index contributed by atoms with van der Waals surface area (Å²) in [5.41, 5.74) is 6.23. The fraction of sp³-hybridized carbons (Fsp3) is 0.533. The molecule has 19 heavy (non-hydrogen) atoms. The van der Waals surface area contributed by atoms with Crippen molar-refractivity contribution >= 4 is 17.4 Å². The Bertz CT molecular complexity index is 455. The zero-order chi connectivity index (χ0) is 13.8. The summed E-state index contributed by atoms with van der Waals surface area (Å²) in [7, 11) is 0. The first-order chi connectivity index (χ1) is 9.10. The van der Waals surface area contributed by atoms with E-state index < -0.39 is 0 Å². The van der Waals surface area contributed by atoms with Gasteiger partial charge in [-0.05, 0) is 61.9 Å². The Kier molecular flexibility index (Phi) is 4.94. The topological polar surface area (TPSA) is 43.1 Å². The minimum Gasteiger partial charge on any atom is -0.330 e. The average molecular weight is 284 g/mol. The summed E-state index contributed by atoms with van der Waals surface area (Å²) in [5, 5.41) is 0.463. The molecule has 1 aromatic carbocycles. The highest BCUT2D eigenvalue weighted by molar-refractivity contribution is 6.31. The molecule has 0 heterocycles. The zero-order valence-corrected chi connectivity index (χ0v) is 11.6. The normalized spacial score (nSPS) is 23.3. The molecule has 2 rings (SSSR count). The second-order valence-electron chi connectivity index (χ2n) is 5.33. The number of benzene rings is 1. The molecule has 1 aliphatic carbocycles. The molecule has 1 aliphatic rings. The number of Topliss-reactive ketones (excluding diaryl/α,β-unsaturated/α-hetero) is 1. The van der Waals surface area contributed by atoms with Gasteiger partial charge in [-0.3, -0.25) is 4.79 Å². The van der Waals surface area contributed by atoms with Gasteiger partial charge in [-0.25, -0.2) is 4.39 Å². The molecule has 2 N–H and O–H groups in total. The van der Waals surface area contributed by atoms with Gasteiger partial charge in [0.2, 0.25) is 0 Å². The van der Waals surface area contributed by atoms with Gasteiger partial charge in [-0.1, -0.05) is 11.6 Å². The van der Waals surface area contributed by atoms with E-state index in [4.69, 9.17) is 17.3 Å². The average Bonchev–Trinajstić information content (AvgIpc) is 2.43. The van der Waals surface area contributed by atoms with Crippen LogP contribution in [0.4, 0.5) is 4.39 Å². The summed E-state index contributed by atoms with van der Waals surface area (Å²) in [5.74, 6) is 0.464. The van der Waals surface area contributed by atoms with Crippen LogP contribution in [0.15, 0.2) is 18.2 Å². The highest BCUT2D eigenvalue weighted by Gasteiger charge is 2.25. The molecule has 0 radical (unpaired) electrons. The minimum absolute atomic E-state index is 0.0853. The molecule has 0 amide bonds. The number of halogens is 2. The number of hydrogen-bond donors (Lipinski definition) is 1. The van der Waals surface area contributed by atoms with Crippen molar-refractivity contribution in [1.82, 2.24) is 0 Å². The van der Waals surface area contributed by atoms with Gasteiger partial charge in [-0.2, -0.15) is 0 Å². The lowest BCUT2D eigenvalue weighted by atomic mass is 9.79. The number of carbonyl (C=O) groups excluding carboxylic acids is 1. The van der Waals surface area contributed by atoms with Crippen molar-refractivity contribution in [2.45, 2.75) is 32.1 Å². The van der Waals surface area contributed by atoms with Crippen molar-refractivity contribution in [3.8, 4) is 0 Å². The number of rotatable bonds is 4. The minimum atomic E-state index is -0.348. The first-order valence-corrected chi connectivity index (χ1v) is 7.14. The smallest absolute Gasteiger partial charge is 0.140 e. The second kappa shape index (κ2) is 6.49. The van der Waals surface area contributed by atoms with E-state index in [1.54, 1.807) is 0 Å². The molecule has 1 fully saturated rings. The van der Waals surface area contributed by atoms with Crippen molar-refractivity contribution < 1.29 is 9.18 Å². The third kappa shape index (κ3) is 3.77. The predicted octanol–water partition coefficient (Wildman–Crippen LogP) is 3.36. The van der Waals surface area contributed by atoms with Gasteiger partial charge >= 0.3 is 0 Å². The number of ketones is 1. The first-order valence-electron chi connectivity index (χ1n) is 6.77. The van der Waals surface area contributed by atoms with Gasteiger partial charge in [-0.15, -0.1) is 0 Å². The van der Waals surface area contributed by atoms with Crippen LogP contribution in [-0.4, -0.2) is 12.3 Å². The Morgan fingerprint density at radius 1 is 1.32 bits per heavy atom. The molecule has 4 heteroatoms. The van der Waals surface area contributed by atoms with E-state index >= 15 is 0 Å². The third-order valence-corrected chi connectivity index (χ3v) is 4.38. The fourth-order valence-electron chi connectivity index (χ4n) is 2.73. The molecule has 2 nitrogen and oxygen atoms in total. The van der Waals surface area contributed by atoms with Crippen molar-refractivity contribution in [1.29, 1.82) is 0 Å². The molecule has 1 saturated carbocycles. The molecule has 1 aromatic rings. The molecule has 0 spiro atoms. The number of hydrogen-bond acceptors (Lipinski definition) is 2. The number of carbonyl (C=O) groups is 1. The van der Waals surface area contributed by atoms with Crippen LogP contribution in [0.25, 0.3) is 0 Å². The van der Waals surface area contributed by atoms with Crippen molar-refractivity contribution in [3.63, 3.8) is 0 Å². The lowest BCUT2D eigenvalue weighted by Crippen LogP contribution is -2.26. The summed E-state index contributed by atoms with van der Waals surface area (Å²) >= 11 is 5.99. The maximum atomic E-state index is 13.2. The predicted molar refractivity (Wildman–Crippen MR) is 74.6 cm³/mol. The Morgan fingerprint density at radius 2 is 2.00 bits per heavy atom. The molecule has 0 aromatic heterocycles. The highest BCUT2D eigenvalue weighted by atomic mass is 35.5. The summed E-state index contributed by atoms with van der Waals surface area (Å²) < 4.78 is 13.2. The molecular weight excluding hydrogens is 265 g/mol. The lowest BCUT2D eigenvalue weighted by Gasteiger charge is -2.26. The Morgan fingerprint density at radius 3 is 2.63 bits per heavy atom. The van der Waals surface area contributed by atoms with E-state index in [1.807, 2.05) is 0 Å². The maximum Gasteiger partial charge on any atom is 0.140 e. The van der Waals surface area contributed by atoms with Crippen LogP contribution in [0.1, 0.15) is 31.2 Å². The summed E-state index contributed by atoms with van der Waals surface area (Å²) in [4.78, 5) is 12.2.